The van der Waals surface area contributed by atoms with E-state index < -0.39 is 0 Å². The van der Waals surface area contributed by atoms with Gasteiger partial charge < -0.3 is 10.2 Å². The van der Waals surface area contributed by atoms with Crippen LogP contribution in [0.3, 0.4) is 0 Å². The Bertz CT molecular complexity index is 582. The maximum atomic E-state index is 6.15. The zero-order chi connectivity index (χ0) is 14.5. The average molecular weight is 291 g/mol. The Kier molecular flexibility index (Phi) is 4.79. The van der Waals surface area contributed by atoms with Crippen LogP contribution in [0.1, 0.15) is 19.5 Å². The maximum Gasteiger partial charge on any atom is 0.227 e. The molecule has 0 radical (unpaired) electrons. The predicted octanol–water partition coefficient (Wildman–Crippen LogP) is 4.03. The monoisotopic (exact) mass is 290 g/mol. The second kappa shape index (κ2) is 6.57. The van der Waals surface area contributed by atoms with Crippen molar-refractivity contribution in [2.75, 3.05) is 23.3 Å². The van der Waals surface area contributed by atoms with E-state index in [1.807, 2.05) is 37.3 Å². The molecule has 1 aromatic heterocycles. The standard InChI is InChI=1S/C15H19ClN4/c1-4-20(5-2)15-17-11(3)10-14(19-15)18-13-9-7-6-8-12(13)16/h6-10H,4-5H2,1-3H3,(H,17,18,19). The van der Waals surface area contributed by atoms with Crippen LogP contribution in [0.5, 0.6) is 0 Å². The fourth-order valence-corrected chi connectivity index (χ4v) is 2.15. The second-order valence-electron chi connectivity index (χ2n) is 4.47. The molecular weight excluding hydrogens is 272 g/mol. The van der Waals surface area contributed by atoms with E-state index >= 15 is 0 Å². The first-order chi connectivity index (χ1) is 9.63. The number of benzene rings is 1. The molecule has 0 bridgehead atoms. The fourth-order valence-electron chi connectivity index (χ4n) is 1.97. The van der Waals surface area contributed by atoms with Gasteiger partial charge in [-0.05, 0) is 32.9 Å². The number of nitrogens with one attached hydrogen (secondary N) is 1. The lowest BCUT2D eigenvalue weighted by Crippen LogP contribution is -2.24. The summed E-state index contributed by atoms with van der Waals surface area (Å²) in [7, 11) is 0. The number of nitrogens with zero attached hydrogens (tertiary/aromatic N) is 3. The first kappa shape index (κ1) is 14.6. The van der Waals surface area contributed by atoms with Gasteiger partial charge in [0, 0.05) is 24.8 Å². The summed E-state index contributed by atoms with van der Waals surface area (Å²) in [6, 6.07) is 9.53. The SMILES string of the molecule is CCN(CC)c1nc(C)cc(Nc2ccccc2Cl)n1. The highest BCUT2D eigenvalue weighted by Gasteiger charge is 2.09. The van der Waals surface area contributed by atoms with Crippen LogP contribution in [0.2, 0.25) is 5.02 Å². The topological polar surface area (TPSA) is 41.1 Å². The fraction of sp³-hybridized carbons (Fsp3) is 0.333. The van der Waals surface area contributed by atoms with Crippen LogP contribution in [-0.4, -0.2) is 23.1 Å². The molecule has 2 aromatic rings. The molecule has 0 unspecified atom stereocenters. The lowest BCUT2D eigenvalue weighted by molar-refractivity contribution is 0.817. The zero-order valence-electron chi connectivity index (χ0n) is 12.0. The van der Waals surface area contributed by atoms with Gasteiger partial charge in [-0.3, -0.25) is 0 Å². The van der Waals surface area contributed by atoms with Crippen molar-refractivity contribution in [1.82, 2.24) is 9.97 Å². The van der Waals surface area contributed by atoms with Crippen molar-refractivity contribution in [3.63, 3.8) is 0 Å². The average Bonchev–Trinajstić information content (AvgIpc) is 2.42. The summed E-state index contributed by atoms with van der Waals surface area (Å²) in [5.74, 6) is 1.50. The van der Waals surface area contributed by atoms with E-state index in [2.05, 4.69) is 34.0 Å². The summed E-state index contributed by atoms with van der Waals surface area (Å²) >= 11 is 6.15. The van der Waals surface area contributed by atoms with E-state index in [9.17, 15) is 0 Å². The summed E-state index contributed by atoms with van der Waals surface area (Å²) in [6.45, 7) is 7.91. The van der Waals surface area contributed by atoms with E-state index in [4.69, 9.17) is 11.6 Å². The number of hydrogen-bond donors (Lipinski definition) is 1. The molecule has 0 aliphatic rings. The minimum atomic E-state index is 0.674. The molecule has 2 rings (SSSR count). The Labute approximate surface area is 124 Å². The summed E-state index contributed by atoms with van der Waals surface area (Å²) < 4.78 is 0. The molecule has 0 spiro atoms. The molecule has 0 amide bonds. The molecule has 5 heteroatoms. The minimum Gasteiger partial charge on any atom is -0.341 e. The van der Waals surface area contributed by atoms with Crippen LogP contribution in [0.4, 0.5) is 17.5 Å². The Balaban J connectivity index is 2.31. The number of anilines is 3. The molecule has 0 aliphatic heterocycles. The van der Waals surface area contributed by atoms with E-state index in [-0.39, 0.29) is 0 Å². The van der Waals surface area contributed by atoms with E-state index in [0.29, 0.717) is 5.02 Å². The van der Waals surface area contributed by atoms with E-state index in [1.54, 1.807) is 0 Å². The lowest BCUT2D eigenvalue weighted by atomic mass is 10.3. The van der Waals surface area contributed by atoms with Gasteiger partial charge in [0.1, 0.15) is 5.82 Å². The largest absolute Gasteiger partial charge is 0.341 e. The van der Waals surface area contributed by atoms with E-state index in [0.717, 1.165) is 36.2 Å². The van der Waals surface area contributed by atoms with Gasteiger partial charge in [-0.25, -0.2) is 4.98 Å². The quantitative estimate of drug-likeness (QED) is 0.903. The lowest BCUT2D eigenvalue weighted by Gasteiger charge is -2.19. The van der Waals surface area contributed by atoms with Gasteiger partial charge in [-0.15, -0.1) is 0 Å². The molecule has 0 saturated carbocycles. The van der Waals surface area contributed by atoms with Gasteiger partial charge in [0.2, 0.25) is 5.95 Å². The number of halogens is 1. The van der Waals surface area contributed by atoms with Gasteiger partial charge in [0.05, 0.1) is 10.7 Å². The Morgan fingerprint density at radius 3 is 2.50 bits per heavy atom. The third kappa shape index (κ3) is 3.39. The van der Waals surface area contributed by atoms with Gasteiger partial charge in [0.25, 0.3) is 0 Å². The molecule has 1 N–H and O–H groups in total. The van der Waals surface area contributed by atoms with Crippen LogP contribution >= 0.6 is 11.6 Å². The minimum absolute atomic E-state index is 0.674. The molecule has 4 nitrogen and oxygen atoms in total. The normalized spacial score (nSPS) is 10.4. The van der Waals surface area contributed by atoms with Crippen molar-refractivity contribution in [3.8, 4) is 0 Å². The molecular formula is C15H19ClN4. The van der Waals surface area contributed by atoms with Crippen molar-refractivity contribution in [2.24, 2.45) is 0 Å². The molecule has 20 heavy (non-hydrogen) atoms. The highest BCUT2D eigenvalue weighted by Crippen LogP contribution is 2.25. The smallest absolute Gasteiger partial charge is 0.227 e. The van der Waals surface area contributed by atoms with Crippen molar-refractivity contribution in [2.45, 2.75) is 20.8 Å². The first-order valence-corrected chi connectivity index (χ1v) is 7.14. The van der Waals surface area contributed by atoms with E-state index in [1.165, 1.54) is 0 Å². The van der Waals surface area contributed by atoms with Crippen molar-refractivity contribution in [1.29, 1.82) is 0 Å². The molecule has 0 aliphatic carbocycles. The van der Waals surface area contributed by atoms with Gasteiger partial charge >= 0.3 is 0 Å². The molecule has 0 fully saturated rings. The van der Waals surface area contributed by atoms with Crippen LogP contribution in [0.15, 0.2) is 30.3 Å². The number of aromatic nitrogens is 2. The summed E-state index contributed by atoms with van der Waals surface area (Å²) in [5.41, 5.74) is 1.77. The first-order valence-electron chi connectivity index (χ1n) is 6.76. The highest BCUT2D eigenvalue weighted by atomic mass is 35.5. The Hall–Kier alpha value is -1.81. The van der Waals surface area contributed by atoms with Gasteiger partial charge in [-0.1, -0.05) is 23.7 Å². The van der Waals surface area contributed by atoms with Crippen LogP contribution in [0, 0.1) is 6.92 Å². The van der Waals surface area contributed by atoms with Crippen molar-refractivity contribution >= 4 is 29.1 Å². The second-order valence-corrected chi connectivity index (χ2v) is 4.88. The third-order valence-electron chi connectivity index (χ3n) is 3.03. The molecule has 0 atom stereocenters. The Morgan fingerprint density at radius 1 is 1.15 bits per heavy atom. The van der Waals surface area contributed by atoms with Crippen molar-refractivity contribution in [3.05, 3.63) is 41.0 Å². The predicted molar refractivity (Wildman–Crippen MR) is 85.1 cm³/mol. The van der Waals surface area contributed by atoms with Crippen molar-refractivity contribution < 1.29 is 0 Å². The maximum absolute atomic E-state index is 6.15. The summed E-state index contributed by atoms with van der Waals surface area (Å²) in [4.78, 5) is 11.2. The van der Waals surface area contributed by atoms with Gasteiger partial charge in [0.15, 0.2) is 0 Å². The molecule has 0 saturated heterocycles. The Morgan fingerprint density at radius 2 is 1.85 bits per heavy atom. The summed E-state index contributed by atoms with van der Waals surface area (Å²) in [5, 5.41) is 3.92. The molecule has 1 aromatic carbocycles. The van der Waals surface area contributed by atoms with Crippen LogP contribution < -0.4 is 10.2 Å². The number of aryl methyl sites for hydroxylation is 1. The van der Waals surface area contributed by atoms with Crippen LogP contribution in [0.25, 0.3) is 0 Å². The molecule has 106 valence electrons. The third-order valence-corrected chi connectivity index (χ3v) is 3.35. The summed E-state index contributed by atoms with van der Waals surface area (Å²) in [6.07, 6.45) is 0. The number of rotatable bonds is 5. The number of hydrogen-bond acceptors (Lipinski definition) is 4. The molecule has 1 heterocycles. The van der Waals surface area contributed by atoms with Crippen LogP contribution in [-0.2, 0) is 0 Å². The van der Waals surface area contributed by atoms with Gasteiger partial charge in [-0.2, -0.15) is 4.98 Å². The number of para-hydroxylation sites is 1. The zero-order valence-corrected chi connectivity index (χ0v) is 12.8. The highest BCUT2D eigenvalue weighted by molar-refractivity contribution is 6.33.